The Morgan fingerprint density at radius 2 is 1.35 bits per heavy atom. The van der Waals surface area contributed by atoms with Gasteiger partial charge in [-0.2, -0.15) is 0 Å². The average molecular weight is 239 g/mol. The van der Waals surface area contributed by atoms with E-state index >= 15 is 0 Å². The van der Waals surface area contributed by atoms with Crippen LogP contribution in [-0.4, -0.2) is 15.6 Å². The Hall–Kier alpha value is -1.64. The monoisotopic (exact) mass is 239 g/mol. The highest BCUT2D eigenvalue weighted by atomic mass is 28.3. The summed E-state index contributed by atoms with van der Waals surface area (Å²) in [7, 11) is -1.13. The smallest absolute Gasteiger partial charge is 0.283 e. The fourth-order valence-electron chi connectivity index (χ4n) is 1.65. The van der Waals surface area contributed by atoms with Crippen LogP contribution in [0.2, 0.25) is 0 Å². The van der Waals surface area contributed by atoms with E-state index in [1.54, 1.807) is 6.08 Å². The van der Waals surface area contributed by atoms with Crippen molar-refractivity contribution in [1.29, 1.82) is 0 Å². The second kappa shape index (κ2) is 6.18. The van der Waals surface area contributed by atoms with Crippen molar-refractivity contribution in [2.45, 2.75) is 0 Å². The number of rotatable bonds is 5. The molecule has 0 N–H and O–H groups in total. The number of hydrogen-bond acceptors (Lipinski definition) is 1. The van der Waals surface area contributed by atoms with Crippen LogP contribution < -0.4 is 10.4 Å². The molecule has 1 radical (unpaired) electrons. The van der Waals surface area contributed by atoms with E-state index in [9.17, 15) is 0 Å². The molecule has 2 rings (SSSR count). The first-order valence-corrected chi connectivity index (χ1v) is 7.04. The molecule has 0 heterocycles. The van der Waals surface area contributed by atoms with Gasteiger partial charge in [-0.1, -0.05) is 66.7 Å². The molecule has 0 aliphatic carbocycles. The Morgan fingerprint density at radius 1 is 0.882 bits per heavy atom. The third kappa shape index (κ3) is 3.16. The second-order valence-electron chi connectivity index (χ2n) is 3.66. The first kappa shape index (κ1) is 11.8. The maximum atomic E-state index is 5.95. The maximum absolute atomic E-state index is 5.95. The van der Waals surface area contributed by atoms with Crippen molar-refractivity contribution in [1.82, 2.24) is 0 Å². The third-order valence-electron chi connectivity index (χ3n) is 2.42. The van der Waals surface area contributed by atoms with Crippen molar-refractivity contribution in [3.8, 4) is 0 Å². The van der Waals surface area contributed by atoms with E-state index in [1.165, 1.54) is 10.4 Å². The van der Waals surface area contributed by atoms with Crippen LogP contribution in [0.4, 0.5) is 0 Å². The van der Waals surface area contributed by atoms with Crippen LogP contribution in [-0.2, 0) is 4.43 Å². The van der Waals surface area contributed by atoms with Gasteiger partial charge in [0.05, 0.1) is 6.61 Å². The quantitative estimate of drug-likeness (QED) is 0.573. The van der Waals surface area contributed by atoms with Gasteiger partial charge in [0, 0.05) is 0 Å². The SMILES string of the molecule is C=CCO[Si](c1ccccc1)c1ccccc1. The Morgan fingerprint density at radius 3 is 1.76 bits per heavy atom. The van der Waals surface area contributed by atoms with E-state index < -0.39 is 9.04 Å². The predicted molar refractivity (Wildman–Crippen MR) is 74.1 cm³/mol. The van der Waals surface area contributed by atoms with E-state index in [2.05, 4.69) is 55.1 Å². The predicted octanol–water partition coefficient (Wildman–Crippen LogP) is 1.99. The molecule has 0 unspecified atom stereocenters. The lowest BCUT2D eigenvalue weighted by Crippen LogP contribution is -2.44. The number of benzene rings is 2. The standard InChI is InChI=1S/C15H15OSi/c1-2-13-16-17(14-9-5-3-6-10-14)15-11-7-4-8-12-15/h2-12H,1,13H2. The first-order valence-electron chi connectivity index (χ1n) is 5.63. The molecule has 1 nitrogen and oxygen atoms in total. The molecule has 0 saturated heterocycles. The van der Waals surface area contributed by atoms with Gasteiger partial charge in [0.15, 0.2) is 0 Å². The van der Waals surface area contributed by atoms with Gasteiger partial charge >= 0.3 is 0 Å². The van der Waals surface area contributed by atoms with Crippen molar-refractivity contribution in [2.75, 3.05) is 6.61 Å². The fourth-order valence-corrected chi connectivity index (χ4v) is 3.60. The van der Waals surface area contributed by atoms with E-state index in [4.69, 9.17) is 4.43 Å². The molecule has 0 bridgehead atoms. The maximum Gasteiger partial charge on any atom is 0.283 e. The molecule has 0 aliphatic heterocycles. The lowest BCUT2D eigenvalue weighted by atomic mass is 10.4. The molecular weight excluding hydrogens is 224 g/mol. The van der Waals surface area contributed by atoms with Crippen LogP contribution in [0.1, 0.15) is 0 Å². The molecule has 0 atom stereocenters. The molecule has 0 spiro atoms. The van der Waals surface area contributed by atoms with Crippen molar-refractivity contribution in [3.63, 3.8) is 0 Å². The van der Waals surface area contributed by atoms with E-state index in [0.29, 0.717) is 6.61 Å². The van der Waals surface area contributed by atoms with E-state index in [0.717, 1.165) is 0 Å². The van der Waals surface area contributed by atoms with Crippen molar-refractivity contribution in [2.24, 2.45) is 0 Å². The van der Waals surface area contributed by atoms with Crippen LogP contribution >= 0.6 is 0 Å². The minimum Gasteiger partial charge on any atom is -0.404 e. The zero-order valence-corrected chi connectivity index (χ0v) is 10.7. The van der Waals surface area contributed by atoms with E-state index in [1.807, 2.05) is 12.1 Å². The van der Waals surface area contributed by atoms with Crippen LogP contribution in [0.5, 0.6) is 0 Å². The molecule has 0 aromatic heterocycles. The summed E-state index contributed by atoms with van der Waals surface area (Å²) in [5.74, 6) is 0. The molecule has 85 valence electrons. The summed E-state index contributed by atoms with van der Waals surface area (Å²) in [6.07, 6.45) is 1.80. The summed E-state index contributed by atoms with van der Waals surface area (Å²) in [4.78, 5) is 0. The van der Waals surface area contributed by atoms with Gasteiger partial charge in [0.1, 0.15) is 0 Å². The van der Waals surface area contributed by atoms with Crippen LogP contribution in [0.3, 0.4) is 0 Å². The molecule has 0 fully saturated rings. The summed E-state index contributed by atoms with van der Waals surface area (Å²) >= 11 is 0. The Balaban J connectivity index is 2.29. The van der Waals surface area contributed by atoms with Crippen LogP contribution in [0.15, 0.2) is 73.3 Å². The Bertz CT molecular complexity index is 413. The van der Waals surface area contributed by atoms with Crippen molar-refractivity contribution >= 4 is 19.4 Å². The Labute approximate surface area is 104 Å². The molecule has 0 saturated carbocycles. The highest BCUT2D eigenvalue weighted by Gasteiger charge is 2.17. The first-order chi connectivity index (χ1) is 8.42. The lowest BCUT2D eigenvalue weighted by Gasteiger charge is -2.14. The van der Waals surface area contributed by atoms with Gasteiger partial charge in [-0.3, -0.25) is 0 Å². The highest BCUT2D eigenvalue weighted by Crippen LogP contribution is 1.94. The molecule has 2 aromatic rings. The van der Waals surface area contributed by atoms with Crippen LogP contribution in [0, 0.1) is 0 Å². The van der Waals surface area contributed by atoms with Crippen molar-refractivity contribution < 1.29 is 4.43 Å². The fraction of sp³-hybridized carbons (Fsp3) is 0.0667. The van der Waals surface area contributed by atoms with Crippen molar-refractivity contribution in [3.05, 3.63) is 73.3 Å². The lowest BCUT2D eigenvalue weighted by molar-refractivity contribution is 0.383. The zero-order chi connectivity index (χ0) is 11.9. The van der Waals surface area contributed by atoms with Gasteiger partial charge < -0.3 is 4.43 Å². The summed E-state index contributed by atoms with van der Waals surface area (Å²) in [6.45, 7) is 4.31. The minimum atomic E-state index is -1.13. The number of hydrogen-bond donors (Lipinski definition) is 0. The third-order valence-corrected chi connectivity index (χ3v) is 4.59. The molecule has 2 aromatic carbocycles. The van der Waals surface area contributed by atoms with Gasteiger partial charge in [0.2, 0.25) is 0 Å². The van der Waals surface area contributed by atoms with E-state index in [-0.39, 0.29) is 0 Å². The van der Waals surface area contributed by atoms with Gasteiger partial charge in [-0.15, -0.1) is 6.58 Å². The van der Waals surface area contributed by atoms with Crippen LogP contribution in [0.25, 0.3) is 0 Å². The molecular formula is C15H15OSi. The summed E-state index contributed by atoms with van der Waals surface area (Å²) in [6, 6.07) is 20.8. The highest BCUT2D eigenvalue weighted by molar-refractivity contribution is 6.80. The topological polar surface area (TPSA) is 9.23 Å². The summed E-state index contributed by atoms with van der Waals surface area (Å²) in [5, 5.41) is 2.54. The largest absolute Gasteiger partial charge is 0.404 e. The summed E-state index contributed by atoms with van der Waals surface area (Å²) in [5.41, 5.74) is 0. The summed E-state index contributed by atoms with van der Waals surface area (Å²) < 4.78 is 5.95. The van der Waals surface area contributed by atoms with Gasteiger partial charge in [-0.25, -0.2) is 0 Å². The zero-order valence-electron chi connectivity index (χ0n) is 9.67. The second-order valence-corrected chi connectivity index (χ2v) is 5.76. The van der Waals surface area contributed by atoms with Gasteiger partial charge in [-0.05, 0) is 10.4 Å². The normalized spacial score (nSPS) is 10.4. The minimum absolute atomic E-state index is 0.595. The molecule has 2 heteroatoms. The molecule has 0 aliphatic rings. The van der Waals surface area contributed by atoms with Gasteiger partial charge in [0.25, 0.3) is 9.04 Å². The molecule has 0 amide bonds. The average Bonchev–Trinajstić information content (AvgIpc) is 2.42. The molecule has 17 heavy (non-hydrogen) atoms. The Kier molecular flexibility index (Phi) is 4.30.